The summed E-state index contributed by atoms with van der Waals surface area (Å²) in [6.45, 7) is 12.3. The van der Waals surface area contributed by atoms with E-state index in [9.17, 15) is 40.2 Å². The molecule has 27 atom stereocenters. The first-order valence-corrected chi connectivity index (χ1v) is 30.8. The first-order valence-electron chi connectivity index (χ1n) is 30.8. The molecule has 3 saturated carbocycles. The van der Waals surface area contributed by atoms with Crippen LogP contribution < -0.4 is 0 Å². The van der Waals surface area contributed by atoms with Gasteiger partial charge in [-0.05, 0) is 90.5 Å². The van der Waals surface area contributed by atoms with Gasteiger partial charge in [-0.3, -0.25) is 0 Å². The molecular formula is C65H92O22. The van der Waals surface area contributed by atoms with E-state index in [0.29, 0.717) is 19.3 Å². The van der Waals surface area contributed by atoms with Gasteiger partial charge < -0.3 is 97.0 Å². The summed E-state index contributed by atoms with van der Waals surface area (Å²) in [7, 11) is 6.17. The second-order valence-corrected chi connectivity index (χ2v) is 25.9. The van der Waals surface area contributed by atoms with Gasteiger partial charge in [0, 0.05) is 71.5 Å². The van der Waals surface area contributed by atoms with E-state index >= 15 is 0 Å². The van der Waals surface area contributed by atoms with Gasteiger partial charge in [-0.2, -0.15) is 0 Å². The lowest BCUT2D eigenvalue weighted by Gasteiger charge is -2.68. The summed E-state index contributed by atoms with van der Waals surface area (Å²) in [6, 6.07) is 17.5. The van der Waals surface area contributed by atoms with E-state index in [2.05, 4.69) is 0 Å². The molecule has 0 radical (unpaired) electrons. The summed E-state index contributed by atoms with van der Waals surface area (Å²) in [5, 5.41) is 74.2. The number of hydrogen-bond donors (Lipinski definition) is 6. The van der Waals surface area contributed by atoms with Crippen molar-refractivity contribution >= 4 is 18.0 Å². The first-order chi connectivity index (χ1) is 41.3. The van der Waals surface area contributed by atoms with Gasteiger partial charge in [0.1, 0.15) is 65.6 Å². The molecule has 2 aromatic carbocycles. The van der Waals surface area contributed by atoms with Gasteiger partial charge in [0.2, 0.25) is 0 Å². The van der Waals surface area contributed by atoms with Crippen LogP contribution in [-0.2, 0) is 71.1 Å². The third-order valence-corrected chi connectivity index (χ3v) is 21.3. The highest BCUT2D eigenvalue weighted by Crippen LogP contribution is 2.72. The number of carbonyl (C=O) groups excluding carboxylic acids is 2. The molecule has 22 nitrogen and oxygen atoms in total. The minimum Gasteiger partial charge on any atom is -0.458 e. The summed E-state index contributed by atoms with van der Waals surface area (Å²) in [5.74, 6) is -2.36. The van der Waals surface area contributed by atoms with E-state index < -0.39 is 174 Å². The lowest BCUT2D eigenvalue weighted by molar-refractivity contribution is -0.356. The highest BCUT2D eigenvalue weighted by molar-refractivity contribution is 5.89. The summed E-state index contributed by atoms with van der Waals surface area (Å²) in [6.07, 6.45) is -8.01. The summed E-state index contributed by atoms with van der Waals surface area (Å²) >= 11 is 0. The van der Waals surface area contributed by atoms with E-state index in [4.69, 9.17) is 66.3 Å². The second kappa shape index (κ2) is 26.0. The van der Waals surface area contributed by atoms with E-state index in [-0.39, 0.29) is 44.1 Å². The number of rotatable bonds is 18. The molecule has 0 amide bonds. The number of hydrogen-bond acceptors (Lipinski definition) is 22. The zero-order chi connectivity index (χ0) is 62.6. The Kier molecular flexibility index (Phi) is 19.8. The molecule has 0 aromatic heterocycles. The first kappa shape index (κ1) is 66.1. The van der Waals surface area contributed by atoms with Crippen LogP contribution in [0.5, 0.6) is 0 Å². The van der Waals surface area contributed by atoms with Crippen molar-refractivity contribution in [3.05, 3.63) is 90.0 Å². The Labute approximate surface area is 509 Å². The predicted molar refractivity (Wildman–Crippen MR) is 309 cm³/mol. The van der Waals surface area contributed by atoms with Gasteiger partial charge >= 0.3 is 11.9 Å². The maximum Gasteiger partial charge on any atom is 0.338 e. The molecule has 0 bridgehead atoms. The van der Waals surface area contributed by atoms with E-state index in [0.717, 1.165) is 5.56 Å². The molecule has 8 aliphatic rings. The summed E-state index contributed by atoms with van der Waals surface area (Å²) in [4.78, 5) is 27.5. The van der Waals surface area contributed by atoms with Gasteiger partial charge in [0.25, 0.3) is 0 Å². The average molecular weight is 1230 g/mol. The molecule has 0 spiro atoms. The molecule has 6 N–H and O–H groups in total. The lowest BCUT2D eigenvalue weighted by atomic mass is 9.41. The van der Waals surface area contributed by atoms with Crippen molar-refractivity contribution in [2.24, 2.45) is 16.7 Å². The Morgan fingerprint density at radius 2 is 1.16 bits per heavy atom. The molecule has 22 heteroatoms. The van der Waals surface area contributed by atoms with Gasteiger partial charge in [-0.15, -0.1) is 0 Å². The van der Waals surface area contributed by atoms with Crippen molar-refractivity contribution in [1.29, 1.82) is 0 Å². The van der Waals surface area contributed by atoms with Crippen LogP contribution in [0.15, 0.2) is 78.9 Å². The topological polar surface area (TPSA) is 285 Å². The molecule has 87 heavy (non-hydrogen) atoms. The van der Waals surface area contributed by atoms with E-state index in [1.807, 2.05) is 58.0 Å². The molecule has 4 aliphatic heterocycles. The van der Waals surface area contributed by atoms with Crippen molar-refractivity contribution in [3.63, 3.8) is 0 Å². The van der Waals surface area contributed by atoms with E-state index in [1.54, 1.807) is 84.6 Å². The lowest BCUT2D eigenvalue weighted by Crippen LogP contribution is -2.80. The number of benzene rings is 2. The third kappa shape index (κ3) is 11.9. The van der Waals surface area contributed by atoms with Crippen LogP contribution >= 0.6 is 0 Å². The molecule has 2 aromatic rings. The molecule has 4 aliphatic carbocycles. The monoisotopic (exact) mass is 1220 g/mol. The standard InChI is InChI=1S/C65H92O22/c1-35-52(67)57(77-11)53(68)59(81-35)87-56-38(4)80-51(32-45(56)76-10)86-55-37(3)79-50(31-44(55)75-9)85-54-36(2)78-49(30-43(54)74-8)83-42-24-25-60(6)46-33-47(84-48(66)23-22-40-18-14-12-15-19-40)61(7)63(71,39(5)82-58(69)41-20-16-13-17-21-41)28-29-65(61,73)64(46,72)27-26-62(60,70)34-42/h12-23,26-27,35-39,42-47,49-57,59,67-68,70-73H,24-25,28-34H2,1-11H3/b23-22+/t35-,36-,37-,38-,39+,42+,43+,44+,45+,46-,47-,49+,50+,51+,52-,53-,54-,55-,56-,57+,59+,60-,61-,62-,63-,64+,65-/m1/s1. The van der Waals surface area contributed by atoms with Crippen molar-refractivity contribution in [1.82, 2.24) is 0 Å². The fraction of sp³-hybridized carbons (Fsp3) is 0.723. The van der Waals surface area contributed by atoms with Gasteiger partial charge in [-0.25, -0.2) is 9.59 Å². The Morgan fingerprint density at radius 3 is 1.71 bits per heavy atom. The van der Waals surface area contributed by atoms with Gasteiger partial charge in [0.05, 0.1) is 65.4 Å². The largest absolute Gasteiger partial charge is 0.458 e. The van der Waals surface area contributed by atoms with Crippen molar-refractivity contribution in [3.8, 4) is 0 Å². The van der Waals surface area contributed by atoms with Gasteiger partial charge in [0.15, 0.2) is 25.2 Å². The van der Waals surface area contributed by atoms with Gasteiger partial charge in [-0.1, -0.05) is 74.5 Å². The van der Waals surface area contributed by atoms with Crippen molar-refractivity contribution in [2.45, 2.75) is 251 Å². The van der Waals surface area contributed by atoms with Crippen LogP contribution in [0.25, 0.3) is 6.08 Å². The Balaban J connectivity index is 0.787. The number of aliphatic hydroxyl groups is 6. The van der Waals surface area contributed by atoms with Crippen LogP contribution in [0.3, 0.4) is 0 Å². The predicted octanol–water partition coefficient (Wildman–Crippen LogP) is 4.83. The fourth-order valence-corrected chi connectivity index (χ4v) is 16.1. The summed E-state index contributed by atoms with van der Waals surface area (Å²) in [5.41, 5.74) is -9.83. The Hall–Kier alpha value is -3.86. The fourth-order valence-electron chi connectivity index (χ4n) is 16.1. The number of aliphatic hydroxyl groups excluding tert-OH is 2. The zero-order valence-electron chi connectivity index (χ0n) is 51.8. The average Bonchev–Trinajstić information content (AvgIpc) is 1.62. The third-order valence-electron chi connectivity index (χ3n) is 21.3. The van der Waals surface area contributed by atoms with E-state index in [1.165, 1.54) is 19.3 Å². The number of ether oxygens (including phenoxy) is 14. The minimum absolute atomic E-state index is 0.0771. The molecular weight excluding hydrogens is 1130 g/mol. The number of fused-ring (bicyclic) bond motifs is 5. The highest BCUT2D eigenvalue weighted by Gasteiger charge is 2.82. The van der Waals surface area contributed by atoms with Crippen molar-refractivity contribution in [2.75, 3.05) is 28.4 Å². The maximum absolute atomic E-state index is 14.0. The van der Waals surface area contributed by atoms with Crippen LogP contribution in [-0.4, -0.2) is 216 Å². The second-order valence-electron chi connectivity index (χ2n) is 25.9. The molecule has 7 fully saturated rings. The Morgan fingerprint density at radius 1 is 0.621 bits per heavy atom. The van der Waals surface area contributed by atoms with Crippen LogP contribution in [0, 0.1) is 16.7 Å². The molecule has 0 unspecified atom stereocenters. The quantitative estimate of drug-likeness (QED) is 0.0662. The van der Waals surface area contributed by atoms with Crippen molar-refractivity contribution < 1.29 is 107 Å². The maximum atomic E-state index is 14.0. The highest BCUT2D eigenvalue weighted by atomic mass is 16.8. The number of methoxy groups -OCH3 is 4. The smallest absolute Gasteiger partial charge is 0.338 e. The van der Waals surface area contributed by atoms with Crippen LogP contribution in [0.2, 0.25) is 0 Å². The Bertz CT molecular complexity index is 2720. The summed E-state index contributed by atoms with van der Waals surface area (Å²) < 4.78 is 87.2. The normalized spacial score (nSPS) is 46.7. The minimum atomic E-state index is -2.17. The number of carbonyl (C=O) groups is 2. The SMILES string of the molecule is CO[C@@H]1[C@@H](O)[C@H](O[C@H]2[C@@H](OC)C[C@H](O[C@H]3[C@@H](OC)C[C@H](O[C@H]4[C@@H](OC)C[C@H](O[C@H]5CC[C@]6(C)[C@H]7C[C@@H](OC(=O)/C=C/c8ccccc8)[C@@]8(C)[C@](O)(CC[C@@]8(O)[C@H](C)OC(=O)c8ccccc8)[C@]7(O)C=C[C@@]6(O)C5)O[C@@H]4C)O[C@@H]3C)O[C@@H]2C)O[C@H](C)[C@H]1O. The van der Waals surface area contributed by atoms with Crippen LogP contribution in [0.1, 0.15) is 122 Å². The zero-order valence-corrected chi connectivity index (χ0v) is 51.8. The molecule has 10 rings (SSSR count). The molecule has 484 valence electrons. The van der Waals surface area contributed by atoms with Crippen LogP contribution in [0.4, 0.5) is 0 Å². The number of esters is 2. The molecule has 4 saturated heterocycles. The molecule has 4 heterocycles.